The van der Waals surface area contributed by atoms with Gasteiger partial charge in [-0.15, -0.1) is 5.73 Å². The first-order chi connectivity index (χ1) is 9.13. The second kappa shape index (κ2) is 7.41. The molecule has 19 heavy (non-hydrogen) atoms. The number of hydrogen-bond acceptors (Lipinski definition) is 0. The lowest BCUT2D eigenvalue weighted by molar-refractivity contribution is 1.10. The molecule has 98 valence electrons. The van der Waals surface area contributed by atoms with Gasteiger partial charge >= 0.3 is 0 Å². The van der Waals surface area contributed by atoms with Crippen LogP contribution in [0, 0.1) is 6.92 Å². The highest BCUT2D eigenvalue weighted by Crippen LogP contribution is 2.24. The zero-order valence-electron chi connectivity index (χ0n) is 12.2. The third-order valence-corrected chi connectivity index (χ3v) is 3.24. The van der Waals surface area contributed by atoms with Crippen molar-refractivity contribution in [2.75, 3.05) is 0 Å². The van der Waals surface area contributed by atoms with E-state index in [1.54, 1.807) is 6.08 Å². The minimum absolute atomic E-state index is 1.03. The Labute approximate surface area is 117 Å². The summed E-state index contributed by atoms with van der Waals surface area (Å²) in [6.45, 7) is 13.8. The van der Waals surface area contributed by atoms with Crippen LogP contribution in [0.2, 0.25) is 0 Å². The summed E-state index contributed by atoms with van der Waals surface area (Å²) in [6, 6.07) is 6.51. The number of hydrogen-bond donors (Lipinski definition) is 0. The molecule has 0 unspecified atom stereocenters. The standard InChI is InChI=1S/C19H22/c1-6-9-11-17-14-18(13-12-16(17)5)19(10-7-2)15(4)8-3/h6,9-14H,1-2,8H2,3-5H3/b11-9-,19-15-. The lowest BCUT2D eigenvalue weighted by atomic mass is 9.95. The molecular formula is C19H22. The molecule has 0 saturated carbocycles. The average molecular weight is 250 g/mol. The van der Waals surface area contributed by atoms with E-state index in [9.17, 15) is 0 Å². The predicted molar refractivity (Wildman–Crippen MR) is 87.0 cm³/mol. The zero-order chi connectivity index (χ0) is 14.3. The molecule has 0 heterocycles. The van der Waals surface area contributed by atoms with Gasteiger partial charge in [-0.1, -0.05) is 56.0 Å². The summed E-state index contributed by atoms with van der Waals surface area (Å²) in [5.74, 6) is 0. The van der Waals surface area contributed by atoms with Crippen LogP contribution in [0.5, 0.6) is 0 Å². The van der Waals surface area contributed by atoms with Crippen LogP contribution >= 0.6 is 0 Å². The van der Waals surface area contributed by atoms with Gasteiger partial charge in [0, 0.05) is 0 Å². The third kappa shape index (κ3) is 3.98. The maximum Gasteiger partial charge on any atom is -0.0118 e. The highest BCUT2D eigenvalue weighted by molar-refractivity contribution is 5.78. The van der Waals surface area contributed by atoms with Gasteiger partial charge in [-0.3, -0.25) is 0 Å². The molecule has 0 bridgehead atoms. The van der Waals surface area contributed by atoms with E-state index in [4.69, 9.17) is 0 Å². The molecule has 0 spiro atoms. The molecular weight excluding hydrogens is 228 g/mol. The van der Waals surface area contributed by atoms with Gasteiger partial charge < -0.3 is 0 Å². The van der Waals surface area contributed by atoms with Crippen LogP contribution in [0.3, 0.4) is 0 Å². The Morgan fingerprint density at radius 1 is 1.37 bits per heavy atom. The molecule has 0 fully saturated rings. The molecule has 1 aromatic carbocycles. The maximum absolute atomic E-state index is 3.71. The van der Waals surface area contributed by atoms with Gasteiger partial charge in [0.1, 0.15) is 0 Å². The first-order valence-electron chi connectivity index (χ1n) is 6.59. The summed E-state index contributed by atoms with van der Waals surface area (Å²) in [4.78, 5) is 0. The zero-order valence-corrected chi connectivity index (χ0v) is 12.2. The third-order valence-electron chi connectivity index (χ3n) is 3.24. The molecule has 0 amide bonds. The molecule has 1 aromatic rings. The number of rotatable bonds is 5. The van der Waals surface area contributed by atoms with E-state index in [-0.39, 0.29) is 0 Å². The van der Waals surface area contributed by atoms with Crippen LogP contribution in [0.15, 0.2) is 60.9 Å². The summed E-state index contributed by atoms with van der Waals surface area (Å²) >= 11 is 0. The van der Waals surface area contributed by atoms with Crippen molar-refractivity contribution in [1.82, 2.24) is 0 Å². The Hall–Kier alpha value is -2.04. The van der Waals surface area contributed by atoms with E-state index in [0.29, 0.717) is 0 Å². The number of aryl methyl sites for hydroxylation is 1. The van der Waals surface area contributed by atoms with Crippen molar-refractivity contribution in [3.63, 3.8) is 0 Å². The summed E-state index contributed by atoms with van der Waals surface area (Å²) in [7, 11) is 0. The fourth-order valence-corrected chi connectivity index (χ4v) is 1.90. The van der Waals surface area contributed by atoms with Gasteiger partial charge in [0.15, 0.2) is 0 Å². The highest BCUT2D eigenvalue weighted by Gasteiger charge is 2.04. The first kappa shape index (κ1) is 15.0. The fourth-order valence-electron chi connectivity index (χ4n) is 1.90. The molecule has 0 aliphatic rings. The van der Waals surface area contributed by atoms with Crippen LogP contribution < -0.4 is 0 Å². The fraction of sp³-hybridized carbons (Fsp3) is 0.211. The van der Waals surface area contributed by atoms with E-state index < -0.39 is 0 Å². The Morgan fingerprint density at radius 3 is 2.68 bits per heavy atom. The van der Waals surface area contributed by atoms with Crippen molar-refractivity contribution >= 4 is 11.6 Å². The summed E-state index contributed by atoms with van der Waals surface area (Å²) in [5.41, 5.74) is 9.14. The van der Waals surface area contributed by atoms with Crippen molar-refractivity contribution in [2.45, 2.75) is 27.2 Å². The van der Waals surface area contributed by atoms with Crippen molar-refractivity contribution < 1.29 is 0 Å². The number of allylic oxidation sites excluding steroid dienone is 5. The topological polar surface area (TPSA) is 0 Å². The molecule has 0 nitrogen and oxygen atoms in total. The van der Waals surface area contributed by atoms with Gasteiger partial charge in [0.2, 0.25) is 0 Å². The number of benzene rings is 1. The largest absolute Gasteiger partial charge is 0.128 e. The van der Waals surface area contributed by atoms with Gasteiger partial charge in [0.05, 0.1) is 0 Å². The van der Waals surface area contributed by atoms with Crippen LogP contribution in [-0.2, 0) is 0 Å². The second-order valence-electron chi connectivity index (χ2n) is 4.56. The lowest BCUT2D eigenvalue weighted by Gasteiger charge is -2.09. The maximum atomic E-state index is 3.71. The summed E-state index contributed by atoms with van der Waals surface area (Å²) in [6.07, 6.45) is 8.83. The molecule has 0 aliphatic heterocycles. The summed E-state index contributed by atoms with van der Waals surface area (Å²) in [5, 5.41) is 0. The molecule has 0 atom stereocenters. The quantitative estimate of drug-likeness (QED) is 0.463. The van der Waals surface area contributed by atoms with Crippen molar-refractivity contribution in [3.05, 3.63) is 77.6 Å². The Balaban J connectivity index is 3.38. The predicted octanol–water partition coefficient (Wildman–Crippen LogP) is 5.72. The highest BCUT2D eigenvalue weighted by atomic mass is 14.1. The minimum Gasteiger partial charge on any atom is -0.128 e. The van der Waals surface area contributed by atoms with E-state index in [1.807, 2.05) is 12.2 Å². The van der Waals surface area contributed by atoms with Gasteiger partial charge in [0.25, 0.3) is 0 Å². The van der Waals surface area contributed by atoms with Crippen LogP contribution in [0.4, 0.5) is 0 Å². The van der Waals surface area contributed by atoms with Gasteiger partial charge in [-0.2, -0.15) is 0 Å². The SMILES string of the molecule is C=C=C/C(=C(\C)CC)c1ccc(C)c(/C=C\C=C)c1. The molecule has 0 aromatic heterocycles. The van der Waals surface area contributed by atoms with Crippen LogP contribution in [0.25, 0.3) is 11.6 Å². The molecule has 0 N–H and O–H groups in total. The molecule has 1 rings (SSSR count). The first-order valence-corrected chi connectivity index (χ1v) is 6.59. The van der Waals surface area contributed by atoms with E-state index in [0.717, 1.165) is 6.42 Å². The Bertz CT molecular complexity index is 562. The molecule has 0 heteroatoms. The van der Waals surface area contributed by atoms with Gasteiger partial charge in [-0.05, 0) is 54.7 Å². The van der Waals surface area contributed by atoms with Crippen LogP contribution in [0.1, 0.15) is 37.0 Å². The van der Waals surface area contributed by atoms with Crippen molar-refractivity contribution in [3.8, 4) is 0 Å². The van der Waals surface area contributed by atoms with E-state index in [2.05, 4.69) is 63.9 Å². The molecule has 0 aliphatic carbocycles. The average Bonchev–Trinajstić information content (AvgIpc) is 2.43. The smallest absolute Gasteiger partial charge is 0.0118 e. The Kier molecular flexibility index (Phi) is 5.85. The van der Waals surface area contributed by atoms with E-state index in [1.165, 1.54) is 27.8 Å². The van der Waals surface area contributed by atoms with Crippen molar-refractivity contribution in [1.29, 1.82) is 0 Å². The van der Waals surface area contributed by atoms with Gasteiger partial charge in [-0.25, -0.2) is 0 Å². The Morgan fingerprint density at radius 2 is 2.11 bits per heavy atom. The van der Waals surface area contributed by atoms with Crippen LogP contribution in [-0.4, -0.2) is 0 Å². The summed E-state index contributed by atoms with van der Waals surface area (Å²) < 4.78 is 0. The van der Waals surface area contributed by atoms with Crippen molar-refractivity contribution in [2.24, 2.45) is 0 Å². The van der Waals surface area contributed by atoms with E-state index >= 15 is 0 Å². The normalized spacial score (nSPS) is 11.9. The lowest BCUT2D eigenvalue weighted by Crippen LogP contribution is -1.89. The minimum atomic E-state index is 1.03. The molecule has 0 radical (unpaired) electrons. The monoisotopic (exact) mass is 250 g/mol. The molecule has 0 saturated heterocycles. The second-order valence-corrected chi connectivity index (χ2v) is 4.56.